The molecule has 1 atom stereocenters. The number of amides is 1. The topological polar surface area (TPSA) is 94.5 Å². The summed E-state index contributed by atoms with van der Waals surface area (Å²) in [5.74, 6) is -0.147. The summed E-state index contributed by atoms with van der Waals surface area (Å²) >= 11 is 12.0. The van der Waals surface area contributed by atoms with Gasteiger partial charge in [-0.25, -0.2) is 9.59 Å². The van der Waals surface area contributed by atoms with Gasteiger partial charge in [-0.15, -0.1) is 0 Å². The van der Waals surface area contributed by atoms with Crippen molar-refractivity contribution in [2.24, 2.45) is 0 Å². The Bertz CT molecular complexity index is 1320. The number of carboxylic acid groups (broad SMARTS) is 1. The molecule has 0 aliphatic rings. The lowest BCUT2D eigenvalue weighted by Gasteiger charge is -2.22. The molecule has 0 aromatic heterocycles. The lowest BCUT2D eigenvalue weighted by molar-refractivity contribution is -0.150. The first-order valence-electron chi connectivity index (χ1n) is 13.2. The van der Waals surface area contributed by atoms with Gasteiger partial charge in [0.2, 0.25) is 0 Å². The van der Waals surface area contributed by atoms with Gasteiger partial charge in [0.15, 0.2) is 6.10 Å². The fraction of sp³-hybridized carbons (Fsp3) is 0.333. The first kappa shape index (κ1) is 33.8. The minimum Gasteiger partial charge on any atom is -0.493 e. The quantitative estimate of drug-likeness (QED) is 0.173. The van der Waals surface area contributed by atoms with Crippen LogP contribution in [0.4, 0.5) is 18.0 Å². The van der Waals surface area contributed by atoms with E-state index < -0.39 is 29.9 Å². The van der Waals surface area contributed by atoms with Gasteiger partial charge in [-0.05, 0) is 73.5 Å². The largest absolute Gasteiger partial charge is 0.493 e. The van der Waals surface area contributed by atoms with E-state index in [4.69, 9.17) is 42.1 Å². The van der Waals surface area contributed by atoms with Crippen molar-refractivity contribution in [3.8, 4) is 17.2 Å². The normalized spacial score (nSPS) is 12.0. The van der Waals surface area contributed by atoms with Gasteiger partial charge in [0.25, 0.3) is 0 Å². The molecule has 0 radical (unpaired) electrons. The molecule has 0 bridgehead atoms. The van der Waals surface area contributed by atoms with Crippen molar-refractivity contribution in [2.45, 2.75) is 32.0 Å². The molecule has 13 heteroatoms. The second-order valence-corrected chi connectivity index (χ2v) is 10.0. The van der Waals surface area contributed by atoms with Crippen LogP contribution in [0.2, 0.25) is 10.0 Å². The summed E-state index contributed by atoms with van der Waals surface area (Å²) in [5.41, 5.74) is -0.117. The summed E-state index contributed by atoms with van der Waals surface area (Å²) in [5, 5.41) is 10.1. The molecule has 0 saturated carbocycles. The third-order valence-electron chi connectivity index (χ3n) is 5.94. The maximum atomic E-state index is 12.9. The Hall–Kier alpha value is -3.67. The number of alkyl halides is 3. The molecule has 0 aliphatic heterocycles. The zero-order valence-corrected chi connectivity index (χ0v) is 24.6. The van der Waals surface area contributed by atoms with Gasteiger partial charge in [0, 0.05) is 29.6 Å². The van der Waals surface area contributed by atoms with Crippen LogP contribution in [0.1, 0.15) is 24.5 Å². The number of benzene rings is 3. The summed E-state index contributed by atoms with van der Waals surface area (Å²) in [6.07, 6.45) is -5.68. The SMILES string of the molecule is CCOC(Cc1ccc(OCCN(CCCOc2cc(Cl)cc(Cl)c2)C(=O)Oc2ccc(C(F)(F)F)cc2)cc1)C(=O)O. The monoisotopic (exact) mass is 643 g/mol. The molecule has 43 heavy (non-hydrogen) atoms. The zero-order chi connectivity index (χ0) is 31.4. The van der Waals surface area contributed by atoms with Gasteiger partial charge >= 0.3 is 18.2 Å². The van der Waals surface area contributed by atoms with E-state index in [2.05, 4.69) is 0 Å². The number of carbonyl (C=O) groups excluding carboxylic acids is 1. The molecule has 1 N–H and O–H groups in total. The zero-order valence-electron chi connectivity index (χ0n) is 23.1. The Kier molecular flexibility index (Phi) is 12.8. The number of halogens is 5. The standard InChI is InChI=1S/C30H30Cl2F3NO7/c1-2-40-27(28(37)38)16-20-4-8-24(9-5-20)42-15-13-36(12-3-14-41-26-18-22(31)17-23(32)19-26)29(39)43-25-10-6-21(7-11-25)30(33,34)35/h4-11,17-19,27H,2-3,12-16H2,1H3,(H,37,38). The van der Waals surface area contributed by atoms with Crippen molar-refractivity contribution in [3.05, 3.63) is 87.9 Å². The van der Waals surface area contributed by atoms with E-state index in [1.807, 2.05) is 0 Å². The highest BCUT2D eigenvalue weighted by Gasteiger charge is 2.30. The lowest BCUT2D eigenvalue weighted by atomic mass is 10.1. The van der Waals surface area contributed by atoms with Crippen molar-refractivity contribution >= 4 is 35.3 Å². The van der Waals surface area contributed by atoms with E-state index >= 15 is 0 Å². The van der Waals surface area contributed by atoms with Gasteiger partial charge < -0.3 is 29.0 Å². The molecule has 8 nitrogen and oxygen atoms in total. The average Bonchev–Trinajstić information content (AvgIpc) is 2.94. The van der Waals surface area contributed by atoms with Crippen LogP contribution < -0.4 is 14.2 Å². The summed E-state index contributed by atoms with van der Waals surface area (Å²) in [4.78, 5) is 25.6. The second kappa shape index (κ2) is 16.3. The van der Waals surface area contributed by atoms with Crippen molar-refractivity contribution in [3.63, 3.8) is 0 Å². The Morgan fingerprint density at radius 1 is 0.860 bits per heavy atom. The highest BCUT2D eigenvalue weighted by Crippen LogP contribution is 2.30. The van der Waals surface area contributed by atoms with E-state index in [0.717, 1.165) is 29.8 Å². The molecule has 0 heterocycles. The lowest BCUT2D eigenvalue weighted by Crippen LogP contribution is -2.38. The summed E-state index contributed by atoms with van der Waals surface area (Å²) in [6, 6.07) is 15.4. The third kappa shape index (κ3) is 11.5. The smallest absolute Gasteiger partial charge is 0.416 e. The first-order chi connectivity index (χ1) is 20.4. The number of carboxylic acids is 1. The van der Waals surface area contributed by atoms with E-state index in [1.165, 1.54) is 4.90 Å². The van der Waals surface area contributed by atoms with Crippen molar-refractivity contribution in [2.75, 3.05) is 32.9 Å². The molecule has 0 saturated heterocycles. The molecule has 0 aliphatic carbocycles. The molecular weight excluding hydrogens is 614 g/mol. The molecular formula is C30H30Cl2F3NO7. The highest BCUT2D eigenvalue weighted by molar-refractivity contribution is 6.34. The maximum Gasteiger partial charge on any atom is 0.416 e. The number of hydrogen-bond acceptors (Lipinski definition) is 6. The number of carbonyl (C=O) groups is 2. The molecule has 0 fully saturated rings. The number of hydrogen-bond donors (Lipinski definition) is 1. The third-order valence-corrected chi connectivity index (χ3v) is 6.38. The molecule has 3 rings (SSSR count). The van der Waals surface area contributed by atoms with Gasteiger partial charge in [-0.3, -0.25) is 0 Å². The van der Waals surface area contributed by atoms with Gasteiger partial charge in [0.05, 0.1) is 18.7 Å². The van der Waals surface area contributed by atoms with Crippen LogP contribution in [0, 0.1) is 0 Å². The van der Waals surface area contributed by atoms with Crippen molar-refractivity contribution in [1.29, 1.82) is 0 Å². The van der Waals surface area contributed by atoms with E-state index in [1.54, 1.807) is 49.4 Å². The number of aliphatic carboxylic acids is 1. The summed E-state index contributed by atoms with van der Waals surface area (Å²) in [6.45, 7) is 2.56. The predicted molar refractivity (Wildman–Crippen MR) is 154 cm³/mol. The molecule has 232 valence electrons. The van der Waals surface area contributed by atoms with E-state index in [0.29, 0.717) is 28.0 Å². The Labute approximate surface area is 256 Å². The van der Waals surface area contributed by atoms with Gasteiger partial charge in [0.1, 0.15) is 23.9 Å². The number of rotatable bonds is 15. The van der Waals surface area contributed by atoms with Crippen LogP contribution in [0.5, 0.6) is 17.2 Å². The van der Waals surface area contributed by atoms with Crippen LogP contribution in [0.3, 0.4) is 0 Å². The first-order valence-corrected chi connectivity index (χ1v) is 14.0. The van der Waals surface area contributed by atoms with Crippen LogP contribution in [0.15, 0.2) is 66.7 Å². The molecule has 1 unspecified atom stereocenters. The Balaban J connectivity index is 1.59. The minimum atomic E-state index is -4.52. The molecule has 0 spiro atoms. The van der Waals surface area contributed by atoms with Crippen LogP contribution in [0.25, 0.3) is 0 Å². The minimum absolute atomic E-state index is 0.0453. The van der Waals surface area contributed by atoms with Gasteiger partial charge in [-0.2, -0.15) is 13.2 Å². The molecule has 1 amide bonds. The number of nitrogens with zero attached hydrogens (tertiary/aromatic N) is 1. The summed E-state index contributed by atoms with van der Waals surface area (Å²) in [7, 11) is 0. The highest BCUT2D eigenvalue weighted by atomic mass is 35.5. The Morgan fingerprint density at radius 2 is 1.47 bits per heavy atom. The predicted octanol–water partition coefficient (Wildman–Crippen LogP) is 7.39. The average molecular weight is 644 g/mol. The second-order valence-electron chi connectivity index (χ2n) is 9.16. The Morgan fingerprint density at radius 3 is 2.05 bits per heavy atom. The fourth-order valence-electron chi connectivity index (χ4n) is 3.86. The fourth-order valence-corrected chi connectivity index (χ4v) is 4.36. The summed E-state index contributed by atoms with van der Waals surface area (Å²) < 4.78 is 60.6. The van der Waals surface area contributed by atoms with Gasteiger partial charge in [-0.1, -0.05) is 35.3 Å². The van der Waals surface area contributed by atoms with E-state index in [9.17, 15) is 27.9 Å². The van der Waals surface area contributed by atoms with Crippen LogP contribution in [-0.4, -0.2) is 61.1 Å². The van der Waals surface area contributed by atoms with Crippen molar-refractivity contribution < 1.29 is 46.8 Å². The number of ether oxygens (including phenoxy) is 4. The van der Waals surface area contributed by atoms with Crippen LogP contribution in [-0.2, 0) is 22.1 Å². The van der Waals surface area contributed by atoms with E-state index in [-0.39, 0.29) is 45.1 Å². The molecule has 3 aromatic rings. The maximum absolute atomic E-state index is 12.9. The van der Waals surface area contributed by atoms with Crippen molar-refractivity contribution in [1.82, 2.24) is 4.90 Å². The van der Waals surface area contributed by atoms with Crippen LogP contribution >= 0.6 is 23.2 Å². The molecule has 3 aromatic carbocycles.